The highest BCUT2D eigenvalue weighted by molar-refractivity contribution is 5.33. The Balaban J connectivity index is 1.81. The Kier molecular flexibility index (Phi) is 4.60. The zero-order chi connectivity index (χ0) is 18.1. The molecule has 0 bridgehead atoms. The lowest BCUT2D eigenvalue weighted by Gasteiger charge is -2.31. The van der Waals surface area contributed by atoms with E-state index in [1.165, 1.54) is 17.2 Å². The normalized spacial score (nSPS) is 17.7. The van der Waals surface area contributed by atoms with Crippen molar-refractivity contribution in [3.63, 3.8) is 0 Å². The molecule has 0 unspecified atom stereocenters. The molecule has 1 aliphatic rings. The van der Waals surface area contributed by atoms with Gasteiger partial charge in [0.1, 0.15) is 0 Å². The molecule has 4 rings (SSSR count). The summed E-state index contributed by atoms with van der Waals surface area (Å²) in [6.45, 7) is 4.52. The van der Waals surface area contributed by atoms with Gasteiger partial charge in [-0.25, -0.2) is 8.78 Å². The maximum atomic E-state index is 14.7. The van der Waals surface area contributed by atoms with Crippen molar-refractivity contribution < 1.29 is 8.78 Å². The predicted molar refractivity (Wildman–Crippen MR) is 98.8 cm³/mol. The quantitative estimate of drug-likeness (QED) is 0.639. The number of rotatable bonds is 3. The minimum absolute atomic E-state index is 0.303. The van der Waals surface area contributed by atoms with Crippen LogP contribution in [-0.2, 0) is 13.1 Å². The molecule has 2 nitrogen and oxygen atoms in total. The molecule has 1 atom stereocenters. The Morgan fingerprint density at radius 3 is 2.65 bits per heavy atom. The summed E-state index contributed by atoms with van der Waals surface area (Å²) in [5.74, 6) is -1.54. The lowest BCUT2D eigenvalue weighted by molar-refractivity contribution is 0.215. The third-order valence-electron chi connectivity index (χ3n) is 5.27. The van der Waals surface area contributed by atoms with Gasteiger partial charge in [0.2, 0.25) is 0 Å². The Hall–Kier alpha value is -2.46. The zero-order valence-electron chi connectivity index (χ0n) is 14.8. The van der Waals surface area contributed by atoms with Crippen LogP contribution < -0.4 is 0 Å². The average Bonchev–Trinajstić information content (AvgIpc) is 3.02. The summed E-state index contributed by atoms with van der Waals surface area (Å²) in [5.41, 5.74) is 3.85. The minimum Gasteiger partial charge on any atom is -0.350 e. The van der Waals surface area contributed by atoms with Crippen LogP contribution in [0.15, 0.2) is 60.8 Å². The molecule has 0 saturated heterocycles. The molecule has 0 radical (unpaired) electrons. The molecule has 3 aromatic rings. The van der Waals surface area contributed by atoms with Gasteiger partial charge in [0.25, 0.3) is 0 Å². The minimum atomic E-state index is -0.791. The van der Waals surface area contributed by atoms with Gasteiger partial charge in [-0.2, -0.15) is 0 Å². The van der Waals surface area contributed by atoms with Crippen molar-refractivity contribution >= 4 is 0 Å². The molecule has 26 heavy (non-hydrogen) atoms. The summed E-state index contributed by atoms with van der Waals surface area (Å²) >= 11 is 0. The number of aromatic nitrogens is 1. The van der Waals surface area contributed by atoms with Gasteiger partial charge in [-0.1, -0.05) is 36.4 Å². The Morgan fingerprint density at radius 2 is 1.81 bits per heavy atom. The number of halogens is 2. The molecule has 1 aromatic heterocycles. The van der Waals surface area contributed by atoms with E-state index >= 15 is 0 Å². The number of hydrogen-bond acceptors (Lipinski definition) is 1. The van der Waals surface area contributed by atoms with Crippen molar-refractivity contribution in [2.45, 2.75) is 32.5 Å². The van der Waals surface area contributed by atoms with Crippen LogP contribution >= 0.6 is 0 Å². The van der Waals surface area contributed by atoms with E-state index in [4.69, 9.17) is 0 Å². The number of hydrogen-bond donors (Lipinski definition) is 0. The average molecular weight is 352 g/mol. The van der Waals surface area contributed by atoms with E-state index in [0.29, 0.717) is 12.1 Å². The van der Waals surface area contributed by atoms with Gasteiger partial charge in [-0.3, -0.25) is 4.90 Å². The van der Waals surface area contributed by atoms with Crippen LogP contribution in [0, 0.1) is 18.6 Å². The third-order valence-corrected chi connectivity index (χ3v) is 5.27. The van der Waals surface area contributed by atoms with Crippen molar-refractivity contribution in [1.82, 2.24) is 9.47 Å². The highest BCUT2D eigenvalue weighted by Crippen LogP contribution is 2.35. The summed E-state index contributed by atoms with van der Waals surface area (Å²) in [7, 11) is 0. The fourth-order valence-electron chi connectivity index (χ4n) is 3.90. The van der Waals surface area contributed by atoms with E-state index in [2.05, 4.69) is 28.5 Å². The molecular weight excluding hydrogens is 330 g/mol. The molecule has 0 amide bonds. The van der Waals surface area contributed by atoms with E-state index in [0.717, 1.165) is 25.2 Å². The molecule has 0 aliphatic carbocycles. The van der Waals surface area contributed by atoms with E-state index in [1.807, 2.05) is 30.5 Å². The van der Waals surface area contributed by atoms with Crippen molar-refractivity contribution in [3.8, 4) is 0 Å². The van der Waals surface area contributed by atoms with Gasteiger partial charge in [-0.05, 0) is 42.7 Å². The van der Waals surface area contributed by atoms with Crippen molar-refractivity contribution in [2.75, 3.05) is 6.54 Å². The number of nitrogens with zero attached hydrogens (tertiary/aromatic N) is 2. The monoisotopic (exact) mass is 352 g/mol. The van der Waals surface area contributed by atoms with Crippen LogP contribution in [-0.4, -0.2) is 16.0 Å². The van der Waals surface area contributed by atoms with Crippen molar-refractivity contribution in [3.05, 3.63) is 94.8 Å². The van der Waals surface area contributed by atoms with E-state index in [-0.39, 0.29) is 6.04 Å². The second kappa shape index (κ2) is 7.04. The van der Waals surface area contributed by atoms with E-state index < -0.39 is 11.6 Å². The lowest BCUT2D eigenvalue weighted by atomic mass is 9.99. The highest BCUT2D eigenvalue weighted by Gasteiger charge is 2.30. The first-order chi connectivity index (χ1) is 12.6. The first kappa shape index (κ1) is 17.0. The van der Waals surface area contributed by atoms with Crippen LogP contribution in [0.4, 0.5) is 8.78 Å². The van der Waals surface area contributed by atoms with E-state index in [1.54, 1.807) is 12.1 Å². The van der Waals surface area contributed by atoms with Gasteiger partial charge >= 0.3 is 0 Å². The Bertz CT molecular complexity index is 916. The molecule has 134 valence electrons. The maximum absolute atomic E-state index is 14.7. The molecule has 0 saturated carbocycles. The number of aryl methyl sites for hydroxylation is 2. The fraction of sp³-hybridized carbons (Fsp3) is 0.273. The summed E-state index contributed by atoms with van der Waals surface area (Å²) in [5, 5.41) is 0. The number of benzene rings is 2. The second-order valence-electron chi connectivity index (χ2n) is 6.92. The fourth-order valence-corrected chi connectivity index (χ4v) is 3.90. The lowest BCUT2D eigenvalue weighted by Crippen LogP contribution is -2.30. The van der Waals surface area contributed by atoms with Crippen LogP contribution in [0.1, 0.15) is 34.8 Å². The molecule has 4 heteroatoms. The SMILES string of the molecule is Cc1ccccc1CN1CCCn2cccc2[C@@H]1c1cccc(F)c1F. The predicted octanol–water partition coefficient (Wildman–Crippen LogP) is 5.07. The van der Waals surface area contributed by atoms with Gasteiger partial charge < -0.3 is 4.57 Å². The first-order valence-electron chi connectivity index (χ1n) is 9.02. The van der Waals surface area contributed by atoms with Gasteiger partial charge in [0, 0.05) is 37.1 Å². The van der Waals surface area contributed by atoms with Crippen molar-refractivity contribution in [2.24, 2.45) is 0 Å². The highest BCUT2D eigenvalue weighted by atomic mass is 19.2. The molecule has 0 spiro atoms. The summed E-state index contributed by atoms with van der Waals surface area (Å²) in [6, 6.07) is 16.4. The molecule has 0 fully saturated rings. The molecule has 0 N–H and O–H groups in total. The summed E-state index contributed by atoms with van der Waals surface area (Å²) < 4.78 is 30.8. The zero-order valence-corrected chi connectivity index (χ0v) is 14.8. The molecule has 1 aliphatic heterocycles. The van der Waals surface area contributed by atoms with Crippen molar-refractivity contribution in [1.29, 1.82) is 0 Å². The maximum Gasteiger partial charge on any atom is 0.163 e. The van der Waals surface area contributed by atoms with Crippen LogP contribution in [0.25, 0.3) is 0 Å². The Labute approximate surface area is 152 Å². The van der Waals surface area contributed by atoms with Gasteiger partial charge in [-0.15, -0.1) is 0 Å². The van der Waals surface area contributed by atoms with Crippen LogP contribution in [0.5, 0.6) is 0 Å². The first-order valence-corrected chi connectivity index (χ1v) is 9.02. The summed E-state index contributed by atoms with van der Waals surface area (Å²) in [4.78, 5) is 2.26. The van der Waals surface area contributed by atoms with Crippen LogP contribution in [0.3, 0.4) is 0 Å². The standard InChI is InChI=1S/C22H22F2N2/c1-16-7-2-3-8-17(16)15-26-14-6-13-25-12-5-11-20(25)22(26)18-9-4-10-19(23)21(18)24/h2-5,7-12,22H,6,13-15H2,1H3/t22-/m0/s1. The van der Waals surface area contributed by atoms with Gasteiger partial charge in [0.05, 0.1) is 6.04 Å². The van der Waals surface area contributed by atoms with Crippen LogP contribution in [0.2, 0.25) is 0 Å². The van der Waals surface area contributed by atoms with Gasteiger partial charge in [0.15, 0.2) is 11.6 Å². The topological polar surface area (TPSA) is 8.17 Å². The number of fused-ring (bicyclic) bond motifs is 1. The molecule has 2 heterocycles. The largest absolute Gasteiger partial charge is 0.350 e. The smallest absolute Gasteiger partial charge is 0.163 e. The third kappa shape index (κ3) is 3.06. The second-order valence-corrected chi connectivity index (χ2v) is 6.92. The Morgan fingerprint density at radius 1 is 0.962 bits per heavy atom. The van der Waals surface area contributed by atoms with E-state index in [9.17, 15) is 8.78 Å². The summed E-state index contributed by atoms with van der Waals surface area (Å²) in [6.07, 6.45) is 3.00. The molecular formula is C22H22F2N2. The molecule has 2 aromatic carbocycles.